The molecule has 0 fully saturated rings. The van der Waals surface area contributed by atoms with Gasteiger partial charge in [0.1, 0.15) is 6.54 Å². The molecule has 7 nitrogen and oxygen atoms in total. The third kappa shape index (κ3) is 3.97. The average Bonchev–Trinajstić information content (AvgIpc) is 3.06. The molecule has 2 aromatic heterocycles. The van der Waals surface area contributed by atoms with E-state index in [-0.39, 0.29) is 24.2 Å². The summed E-state index contributed by atoms with van der Waals surface area (Å²) < 4.78 is 20.6. The number of nitrogens with zero attached hydrogens (tertiary/aromatic N) is 4. The highest BCUT2D eigenvalue weighted by molar-refractivity contribution is 5.91. The van der Waals surface area contributed by atoms with Gasteiger partial charge in [0.15, 0.2) is 11.6 Å². The van der Waals surface area contributed by atoms with Gasteiger partial charge in [0.2, 0.25) is 5.91 Å². The zero-order chi connectivity index (χ0) is 17.8. The van der Waals surface area contributed by atoms with Crippen LogP contribution in [-0.2, 0) is 11.3 Å². The predicted molar refractivity (Wildman–Crippen MR) is 88.8 cm³/mol. The van der Waals surface area contributed by atoms with Gasteiger partial charge in [-0.1, -0.05) is 12.1 Å². The zero-order valence-electron chi connectivity index (χ0n) is 13.7. The molecule has 128 valence electrons. The summed E-state index contributed by atoms with van der Waals surface area (Å²) in [4.78, 5) is 20.5. The van der Waals surface area contributed by atoms with Gasteiger partial charge < -0.3 is 10.1 Å². The number of nitrogens with one attached hydrogen (secondary N) is 1. The average molecular weight is 341 g/mol. The summed E-state index contributed by atoms with van der Waals surface area (Å²) in [6, 6.07) is 7.76. The van der Waals surface area contributed by atoms with Crippen molar-refractivity contribution in [1.82, 2.24) is 19.7 Å². The molecule has 1 N–H and O–H groups in total. The lowest BCUT2D eigenvalue weighted by atomic mass is 10.3. The largest absolute Gasteiger partial charge is 0.421 e. The van der Waals surface area contributed by atoms with Gasteiger partial charge in [0.05, 0.1) is 17.1 Å². The summed E-state index contributed by atoms with van der Waals surface area (Å²) in [6.45, 7) is 3.51. The zero-order valence-corrected chi connectivity index (χ0v) is 13.7. The molecule has 3 rings (SSSR count). The van der Waals surface area contributed by atoms with Gasteiger partial charge in [0, 0.05) is 12.4 Å². The number of rotatable bonds is 5. The van der Waals surface area contributed by atoms with Gasteiger partial charge in [0.25, 0.3) is 0 Å². The van der Waals surface area contributed by atoms with Crippen LogP contribution in [0.2, 0.25) is 0 Å². The summed E-state index contributed by atoms with van der Waals surface area (Å²) in [5.41, 5.74) is 1.54. The van der Waals surface area contributed by atoms with Crippen molar-refractivity contribution in [3.05, 3.63) is 59.9 Å². The highest BCUT2D eigenvalue weighted by Crippen LogP contribution is 2.25. The highest BCUT2D eigenvalue weighted by Gasteiger charge is 2.14. The molecule has 0 bridgehead atoms. The van der Waals surface area contributed by atoms with Crippen LogP contribution in [0.4, 0.5) is 10.1 Å². The van der Waals surface area contributed by atoms with E-state index in [2.05, 4.69) is 20.4 Å². The van der Waals surface area contributed by atoms with Crippen LogP contribution in [0.5, 0.6) is 11.8 Å². The molecule has 0 radical (unpaired) electrons. The van der Waals surface area contributed by atoms with Crippen LogP contribution in [0, 0.1) is 19.7 Å². The fourth-order valence-corrected chi connectivity index (χ4v) is 2.26. The Kier molecular flexibility index (Phi) is 4.69. The smallest absolute Gasteiger partial charge is 0.322 e. The minimum atomic E-state index is -0.502. The number of hydrogen-bond donors (Lipinski definition) is 1. The first kappa shape index (κ1) is 16.6. The summed E-state index contributed by atoms with van der Waals surface area (Å²) in [6.07, 6.45) is 3.29. The lowest BCUT2D eigenvalue weighted by molar-refractivity contribution is -0.116. The maximum atomic E-state index is 13.7. The van der Waals surface area contributed by atoms with Crippen molar-refractivity contribution in [2.75, 3.05) is 5.32 Å². The molecular formula is C17H16FN5O2. The van der Waals surface area contributed by atoms with Gasteiger partial charge >= 0.3 is 6.01 Å². The minimum Gasteiger partial charge on any atom is -0.421 e. The quantitative estimate of drug-likeness (QED) is 0.772. The number of amides is 1. The first-order chi connectivity index (χ1) is 12.0. The Morgan fingerprint density at radius 3 is 2.56 bits per heavy atom. The van der Waals surface area contributed by atoms with E-state index in [0.717, 1.165) is 0 Å². The summed E-state index contributed by atoms with van der Waals surface area (Å²) in [5, 5.41) is 6.75. The Hall–Kier alpha value is -3.29. The second-order valence-corrected chi connectivity index (χ2v) is 5.34. The van der Waals surface area contributed by atoms with Crippen LogP contribution in [-0.4, -0.2) is 25.7 Å². The number of halogens is 1. The summed E-state index contributed by atoms with van der Waals surface area (Å²) in [5.74, 6) is -0.712. The third-order valence-corrected chi connectivity index (χ3v) is 3.42. The number of carbonyl (C=O) groups is 1. The Morgan fingerprint density at radius 1 is 1.20 bits per heavy atom. The predicted octanol–water partition coefficient (Wildman–Crippen LogP) is 2.86. The first-order valence-electron chi connectivity index (χ1n) is 7.58. The fourth-order valence-electron chi connectivity index (χ4n) is 2.26. The van der Waals surface area contributed by atoms with Crippen molar-refractivity contribution in [3.63, 3.8) is 0 Å². The molecule has 3 aromatic rings. The maximum Gasteiger partial charge on any atom is 0.322 e. The third-order valence-electron chi connectivity index (χ3n) is 3.42. The number of aromatic nitrogens is 4. The van der Waals surface area contributed by atoms with Crippen LogP contribution in [0.1, 0.15) is 11.4 Å². The highest BCUT2D eigenvalue weighted by atomic mass is 19.1. The molecule has 1 aromatic carbocycles. The molecule has 0 aliphatic carbocycles. The van der Waals surface area contributed by atoms with E-state index in [1.54, 1.807) is 44.4 Å². The first-order valence-corrected chi connectivity index (χ1v) is 7.58. The van der Waals surface area contributed by atoms with Gasteiger partial charge in [-0.05, 0) is 32.0 Å². The van der Waals surface area contributed by atoms with Crippen molar-refractivity contribution in [1.29, 1.82) is 0 Å². The molecule has 0 aliphatic heterocycles. The van der Waals surface area contributed by atoms with Crippen molar-refractivity contribution < 1.29 is 13.9 Å². The van der Waals surface area contributed by atoms with Crippen molar-refractivity contribution in [2.24, 2.45) is 0 Å². The number of para-hydroxylation sites is 1. The fraction of sp³-hybridized carbons (Fsp3) is 0.176. The van der Waals surface area contributed by atoms with E-state index in [4.69, 9.17) is 4.74 Å². The van der Waals surface area contributed by atoms with Crippen molar-refractivity contribution in [2.45, 2.75) is 20.4 Å². The molecule has 0 spiro atoms. The van der Waals surface area contributed by atoms with Crippen LogP contribution in [0.3, 0.4) is 0 Å². The normalized spacial score (nSPS) is 10.5. The molecule has 25 heavy (non-hydrogen) atoms. The SMILES string of the molecule is Cc1nc(Oc2ccccc2F)nc(C)c1NC(=O)Cn1cccn1. The number of anilines is 1. The molecule has 1 amide bonds. The maximum absolute atomic E-state index is 13.7. The number of ether oxygens (including phenoxy) is 1. The van der Waals surface area contributed by atoms with Crippen molar-refractivity contribution in [3.8, 4) is 11.8 Å². The molecule has 0 aliphatic rings. The molecule has 0 saturated heterocycles. The van der Waals surface area contributed by atoms with E-state index in [1.165, 1.54) is 16.8 Å². The molecule has 8 heteroatoms. The van der Waals surface area contributed by atoms with Crippen LogP contribution in [0.15, 0.2) is 42.7 Å². The van der Waals surface area contributed by atoms with E-state index in [1.807, 2.05) is 0 Å². The number of carbonyl (C=O) groups excluding carboxylic acids is 1. The van der Waals surface area contributed by atoms with Crippen LogP contribution < -0.4 is 10.1 Å². The van der Waals surface area contributed by atoms with E-state index in [0.29, 0.717) is 17.1 Å². The van der Waals surface area contributed by atoms with Crippen molar-refractivity contribution >= 4 is 11.6 Å². The number of benzene rings is 1. The lowest BCUT2D eigenvalue weighted by Crippen LogP contribution is -2.20. The Labute approximate surface area is 143 Å². The summed E-state index contributed by atoms with van der Waals surface area (Å²) >= 11 is 0. The van der Waals surface area contributed by atoms with E-state index >= 15 is 0 Å². The van der Waals surface area contributed by atoms with Gasteiger partial charge in [-0.3, -0.25) is 9.48 Å². The monoisotopic (exact) mass is 341 g/mol. The lowest BCUT2D eigenvalue weighted by Gasteiger charge is -2.12. The van der Waals surface area contributed by atoms with Gasteiger partial charge in [-0.2, -0.15) is 15.1 Å². The topological polar surface area (TPSA) is 81.9 Å². The van der Waals surface area contributed by atoms with Crippen LogP contribution >= 0.6 is 0 Å². The second kappa shape index (κ2) is 7.08. The van der Waals surface area contributed by atoms with Crippen LogP contribution in [0.25, 0.3) is 0 Å². The Morgan fingerprint density at radius 2 is 1.92 bits per heavy atom. The standard InChI is InChI=1S/C17H16FN5O2/c1-11-16(22-15(24)10-23-9-5-8-19-23)12(2)21-17(20-11)25-14-7-4-3-6-13(14)18/h3-9H,10H2,1-2H3,(H,22,24). The molecular weight excluding hydrogens is 325 g/mol. The Balaban J connectivity index is 1.76. The van der Waals surface area contributed by atoms with Gasteiger partial charge in [-0.25, -0.2) is 4.39 Å². The molecule has 0 atom stereocenters. The van der Waals surface area contributed by atoms with E-state index < -0.39 is 5.82 Å². The Bertz CT molecular complexity index is 873. The minimum absolute atomic E-state index is 0.0187. The van der Waals surface area contributed by atoms with Gasteiger partial charge in [-0.15, -0.1) is 0 Å². The number of hydrogen-bond acceptors (Lipinski definition) is 5. The molecule has 0 saturated carbocycles. The summed E-state index contributed by atoms with van der Waals surface area (Å²) in [7, 11) is 0. The molecule has 2 heterocycles. The number of aryl methyl sites for hydroxylation is 2. The second-order valence-electron chi connectivity index (χ2n) is 5.34. The van der Waals surface area contributed by atoms with E-state index in [9.17, 15) is 9.18 Å². The molecule has 0 unspecified atom stereocenters.